The number of carbonyl (C=O) groups is 1. The minimum absolute atomic E-state index is 0.216. The molecule has 0 spiro atoms. The summed E-state index contributed by atoms with van der Waals surface area (Å²) < 4.78 is 20.3. The normalized spacial score (nSPS) is 12.1. The second-order valence-corrected chi connectivity index (χ2v) is 5.26. The third kappa shape index (κ3) is 3.43. The highest BCUT2D eigenvalue weighted by atomic mass is 19.1. The summed E-state index contributed by atoms with van der Waals surface area (Å²) in [7, 11) is 0. The molecular formula is C16H15FN4O3. The van der Waals surface area contributed by atoms with Gasteiger partial charge in [-0.3, -0.25) is 0 Å². The summed E-state index contributed by atoms with van der Waals surface area (Å²) in [5, 5.41) is 14.7. The van der Waals surface area contributed by atoms with Gasteiger partial charge in [-0.15, -0.1) is 5.10 Å². The van der Waals surface area contributed by atoms with Crippen molar-refractivity contribution in [1.29, 1.82) is 0 Å². The van der Waals surface area contributed by atoms with E-state index in [-0.39, 0.29) is 12.6 Å². The molecule has 0 saturated carbocycles. The summed E-state index contributed by atoms with van der Waals surface area (Å²) in [6.45, 7) is 1.93. The lowest BCUT2D eigenvalue weighted by molar-refractivity contribution is 0.183. The largest absolute Gasteiger partial charge is 0.491 e. The van der Waals surface area contributed by atoms with E-state index in [1.807, 2.05) is 0 Å². The van der Waals surface area contributed by atoms with Crippen molar-refractivity contribution in [2.75, 3.05) is 6.61 Å². The summed E-state index contributed by atoms with van der Waals surface area (Å²) in [6.07, 6.45) is 0.532. The first kappa shape index (κ1) is 15.7. The number of ether oxygens (including phenoxy) is 1. The quantitative estimate of drug-likeness (QED) is 0.750. The van der Waals surface area contributed by atoms with E-state index < -0.39 is 12.0 Å². The van der Waals surface area contributed by atoms with E-state index in [0.29, 0.717) is 17.1 Å². The van der Waals surface area contributed by atoms with Crippen LogP contribution in [0.1, 0.15) is 6.92 Å². The molecule has 7 nitrogen and oxygen atoms in total. The molecule has 2 aromatic heterocycles. The zero-order chi connectivity index (χ0) is 17.1. The van der Waals surface area contributed by atoms with E-state index in [1.54, 1.807) is 43.5 Å². The van der Waals surface area contributed by atoms with E-state index in [2.05, 4.69) is 15.4 Å². The number of amides is 1. The summed E-state index contributed by atoms with van der Waals surface area (Å²) in [5.41, 5.74) is 2.03. The van der Waals surface area contributed by atoms with Crippen LogP contribution in [0.2, 0.25) is 0 Å². The van der Waals surface area contributed by atoms with Gasteiger partial charge in [-0.2, -0.15) is 4.39 Å². The molecule has 24 heavy (non-hydrogen) atoms. The Labute approximate surface area is 136 Å². The van der Waals surface area contributed by atoms with Gasteiger partial charge in [0.15, 0.2) is 5.65 Å². The van der Waals surface area contributed by atoms with Crippen LogP contribution in [-0.4, -0.2) is 38.4 Å². The van der Waals surface area contributed by atoms with Crippen LogP contribution in [0.25, 0.3) is 16.9 Å². The maximum Gasteiger partial charge on any atom is 0.404 e. The van der Waals surface area contributed by atoms with E-state index in [1.165, 1.54) is 10.6 Å². The van der Waals surface area contributed by atoms with Crippen molar-refractivity contribution in [1.82, 2.24) is 19.9 Å². The lowest BCUT2D eigenvalue weighted by Crippen LogP contribution is -2.35. The predicted molar refractivity (Wildman–Crippen MR) is 84.5 cm³/mol. The Morgan fingerprint density at radius 3 is 2.79 bits per heavy atom. The Balaban J connectivity index is 1.74. The van der Waals surface area contributed by atoms with Crippen LogP contribution < -0.4 is 10.1 Å². The second-order valence-electron chi connectivity index (χ2n) is 5.26. The molecule has 1 atom stereocenters. The van der Waals surface area contributed by atoms with E-state index in [0.717, 1.165) is 5.56 Å². The Morgan fingerprint density at radius 2 is 2.08 bits per heavy atom. The fraction of sp³-hybridized carbons (Fsp3) is 0.188. The molecule has 0 aliphatic rings. The smallest absolute Gasteiger partial charge is 0.404 e. The molecule has 124 valence electrons. The molecule has 0 radical (unpaired) electrons. The minimum Gasteiger partial charge on any atom is -0.491 e. The molecule has 0 unspecified atom stereocenters. The molecular weight excluding hydrogens is 315 g/mol. The first-order chi connectivity index (χ1) is 11.5. The molecule has 3 rings (SSSR count). The highest BCUT2D eigenvalue weighted by Crippen LogP contribution is 2.23. The zero-order valence-corrected chi connectivity index (χ0v) is 12.8. The predicted octanol–water partition coefficient (Wildman–Crippen LogP) is 2.57. The van der Waals surface area contributed by atoms with Gasteiger partial charge < -0.3 is 15.2 Å². The number of carboxylic acid groups (broad SMARTS) is 1. The molecule has 0 saturated heterocycles. The highest BCUT2D eigenvalue weighted by molar-refractivity contribution is 5.65. The number of nitrogens with zero attached hydrogens (tertiary/aromatic N) is 3. The topological polar surface area (TPSA) is 88.8 Å². The van der Waals surface area contributed by atoms with Crippen LogP contribution in [0.5, 0.6) is 5.75 Å². The Morgan fingerprint density at radius 1 is 1.33 bits per heavy atom. The van der Waals surface area contributed by atoms with Crippen molar-refractivity contribution >= 4 is 11.7 Å². The summed E-state index contributed by atoms with van der Waals surface area (Å²) in [4.78, 5) is 14.7. The number of hydrogen-bond donors (Lipinski definition) is 2. The molecule has 0 aliphatic heterocycles. The standard InChI is InChI=1S/C16H15FN4O3/c1-10(19-16(22)23)9-24-12-4-2-11(3-5-12)13-8-18-15-7-6-14(17)20-21(13)15/h2-8,10,19H,9H2,1H3,(H,22,23)/t10-/m1/s1. The third-order valence-electron chi connectivity index (χ3n) is 3.35. The number of rotatable bonds is 5. The molecule has 0 aliphatic carbocycles. The van der Waals surface area contributed by atoms with Crippen LogP contribution >= 0.6 is 0 Å². The lowest BCUT2D eigenvalue weighted by atomic mass is 10.1. The van der Waals surface area contributed by atoms with Crippen molar-refractivity contribution in [3.05, 3.63) is 48.5 Å². The zero-order valence-electron chi connectivity index (χ0n) is 12.8. The molecule has 8 heteroatoms. The monoisotopic (exact) mass is 330 g/mol. The van der Waals surface area contributed by atoms with E-state index >= 15 is 0 Å². The van der Waals surface area contributed by atoms with Gasteiger partial charge in [0.25, 0.3) is 0 Å². The maximum atomic E-state index is 13.3. The fourth-order valence-corrected chi connectivity index (χ4v) is 2.24. The minimum atomic E-state index is -1.09. The number of fused-ring (bicyclic) bond motifs is 1. The van der Waals surface area contributed by atoms with E-state index in [9.17, 15) is 9.18 Å². The summed E-state index contributed by atoms with van der Waals surface area (Å²) >= 11 is 0. The van der Waals surface area contributed by atoms with Gasteiger partial charge in [-0.1, -0.05) is 0 Å². The number of benzene rings is 1. The highest BCUT2D eigenvalue weighted by Gasteiger charge is 2.09. The van der Waals surface area contributed by atoms with E-state index in [4.69, 9.17) is 9.84 Å². The molecule has 1 aromatic carbocycles. The van der Waals surface area contributed by atoms with Crippen LogP contribution in [0.15, 0.2) is 42.6 Å². The molecule has 3 aromatic rings. The average Bonchev–Trinajstić information content (AvgIpc) is 2.96. The Hall–Kier alpha value is -3.16. The summed E-state index contributed by atoms with van der Waals surface area (Å²) in [6, 6.07) is 9.60. The van der Waals surface area contributed by atoms with Crippen molar-refractivity contribution in [2.24, 2.45) is 0 Å². The first-order valence-corrected chi connectivity index (χ1v) is 7.26. The SMILES string of the molecule is C[C@H](COc1ccc(-c2cnc3ccc(F)nn23)cc1)NC(=O)O. The number of halogens is 1. The van der Waals surface area contributed by atoms with Gasteiger partial charge in [-0.25, -0.2) is 14.3 Å². The van der Waals surface area contributed by atoms with Gasteiger partial charge in [-0.05, 0) is 43.3 Å². The van der Waals surface area contributed by atoms with Crippen LogP contribution in [-0.2, 0) is 0 Å². The van der Waals surface area contributed by atoms with Gasteiger partial charge in [0.05, 0.1) is 17.9 Å². The van der Waals surface area contributed by atoms with Crippen LogP contribution in [0.3, 0.4) is 0 Å². The number of nitrogens with one attached hydrogen (secondary N) is 1. The summed E-state index contributed by atoms with van der Waals surface area (Å²) in [5.74, 6) is 0.0207. The molecule has 0 fully saturated rings. The van der Waals surface area contributed by atoms with Crippen molar-refractivity contribution in [2.45, 2.75) is 13.0 Å². The van der Waals surface area contributed by atoms with Crippen molar-refractivity contribution < 1.29 is 19.0 Å². The van der Waals surface area contributed by atoms with Crippen molar-refractivity contribution in [3.8, 4) is 17.0 Å². The molecule has 2 heterocycles. The third-order valence-corrected chi connectivity index (χ3v) is 3.35. The molecule has 0 bridgehead atoms. The molecule has 2 N–H and O–H groups in total. The first-order valence-electron chi connectivity index (χ1n) is 7.26. The Bertz CT molecular complexity index is 863. The average molecular weight is 330 g/mol. The molecule has 1 amide bonds. The van der Waals surface area contributed by atoms with Crippen molar-refractivity contribution in [3.63, 3.8) is 0 Å². The Kier molecular flexibility index (Phi) is 4.28. The lowest BCUT2D eigenvalue weighted by Gasteiger charge is -2.13. The maximum absolute atomic E-state index is 13.3. The van der Waals surface area contributed by atoms with Crippen LogP contribution in [0.4, 0.5) is 9.18 Å². The fourth-order valence-electron chi connectivity index (χ4n) is 2.24. The van der Waals surface area contributed by atoms with Crippen LogP contribution in [0, 0.1) is 5.95 Å². The second kappa shape index (κ2) is 6.53. The van der Waals surface area contributed by atoms with Gasteiger partial charge in [0.2, 0.25) is 5.95 Å². The van der Waals surface area contributed by atoms with Gasteiger partial charge in [0, 0.05) is 5.56 Å². The number of hydrogen-bond acceptors (Lipinski definition) is 4. The number of imidazole rings is 1. The van der Waals surface area contributed by atoms with Gasteiger partial charge >= 0.3 is 6.09 Å². The van der Waals surface area contributed by atoms with Gasteiger partial charge in [0.1, 0.15) is 12.4 Å². The number of aromatic nitrogens is 3.